The lowest BCUT2D eigenvalue weighted by Crippen LogP contribution is -2.17. The van der Waals surface area contributed by atoms with Crippen molar-refractivity contribution in [1.82, 2.24) is 4.98 Å². The van der Waals surface area contributed by atoms with E-state index in [1.165, 1.54) is 12.4 Å². The molecule has 0 bridgehead atoms. The zero-order valence-electron chi connectivity index (χ0n) is 9.65. The van der Waals surface area contributed by atoms with Crippen molar-refractivity contribution in [3.63, 3.8) is 0 Å². The van der Waals surface area contributed by atoms with Crippen molar-refractivity contribution in [2.45, 2.75) is 0 Å². The molecule has 4 N–H and O–H groups in total. The van der Waals surface area contributed by atoms with Crippen LogP contribution in [0.25, 0.3) is 0 Å². The van der Waals surface area contributed by atoms with E-state index in [1.807, 2.05) is 18.2 Å². The van der Waals surface area contributed by atoms with Gasteiger partial charge in [0.05, 0.1) is 23.1 Å². The number of nitrogens with two attached hydrogens (primary N) is 1. The zero-order chi connectivity index (χ0) is 13.8. The first-order valence-corrected chi connectivity index (χ1v) is 6.88. The second kappa shape index (κ2) is 6.14. The fourth-order valence-electron chi connectivity index (χ4n) is 1.51. The lowest BCUT2D eigenvalue weighted by Gasteiger charge is -2.11. The topological polar surface area (TPSA) is 80.0 Å². The molecule has 1 aromatic heterocycles. The van der Waals surface area contributed by atoms with Gasteiger partial charge in [0.1, 0.15) is 0 Å². The highest BCUT2D eigenvalue weighted by atomic mass is 79.9. The first-order chi connectivity index (χ1) is 9.13. The Morgan fingerprint density at radius 2 is 1.89 bits per heavy atom. The van der Waals surface area contributed by atoms with Crippen LogP contribution in [0.4, 0.5) is 11.4 Å². The first-order valence-electron chi connectivity index (χ1n) is 5.29. The third kappa shape index (κ3) is 3.12. The van der Waals surface area contributed by atoms with Gasteiger partial charge in [-0.25, -0.2) is 0 Å². The van der Waals surface area contributed by atoms with Crippen molar-refractivity contribution < 1.29 is 4.79 Å². The van der Waals surface area contributed by atoms with Crippen LogP contribution in [0.15, 0.2) is 45.6 Å². The highest BCUT2D eigenvalue weighted by molar-refractivity contribution is 9.11. The van der Waals surface area contributed by atoms with Crippen LogP contribution in [0, 0.1) is 0 Å². The number of aromatic nitrogens is 1. The van der Waals surface area contributed by atoms with Crippen LogP contribution >= 0.6 is 31.9 Å². The van der Waals surface area contributed by atoms with Gasteiger partial charge in [0, 0.05) is 15.1 Å². The molecule has 0 spiro atoms. The van der Waals surface area contributed by atoms with Crippen LogP contribution in [0.5, 0.6) is 0 Å². The Morgan fingerprint density at radius 1 is 1.21 bits per heavy atom. The lowest BCUT2D eigenvalue weighted by molar-refractivity contribution is 0.102. The molecule has 1 amide bonds. The summed E-state index contributed by atoms with van der Waals surface area (Å²) in [6, 6.07) is 7.14. The quantitative estimate of drug-likeness (QED) is 0.560. The van der Waals surface area contributed by atoms with E-state index < -0.39 is 0 Å². The molecule has 5 nitrogen and oxygen atoms in total. The lowest BCUT2D eigenvalue weighted by atomic mass is 10.2. The van der Waals surface area contributed by atoms with Gasteiger partial charge in [0.2, 0.25) is 0 Å². The Balaban J connectivity index is 2.31. The summed E-state index contributed by atoms with van der Waals surface area (Å²) in [6.07, 6.45) is 3.02. The SMILES string of the molecule is NNc1cnccc1C(=O)Nc1c(Br)cccc1Br. The number of hydrogen-bond donors (Lipinski definition) is 3. The number of hydrogen-bond acceptors (Lipinski definition) is 4. The fraction of sp³-hybridized carbons (Fsp3) is 0. The van der Waals surface area contributed by atoms with Crippen molar-refractivity contribution in [1.29, 1.82) is 0 Å². The molecule has 2 rings (SSSR count). The van der Waals surface area contributed by atoms with E-state index in [-0.39, 0.29) is 5.91 Å². The molecule has 0 radical (unpaired) electrons. The maximum absolute atomic E-state index is 12.2. The summed E-state index contributed by atoms with van der Waals surface area (Å²) >= 11 is 6.77. The van der Waals surface area contributed by atoms with E-state index >= 15 is 0 Å². The summed E-state index contributed by atoms with van der Waals surface area (Å²) in [6.45, 7) is 0. The van der Waals surface area contributed by atoms with E-state index in [9.17, 15) is 4.79 Å². The number of carbonyl (C=O) groups is 1. The minimum atomic E-state index is -0.275. The number of nitrogens with one attached hydrogen (secondary N) is 2. The minimum Gasteiger partial charge on any atom is -0.322 e. The summed E-state index contributed by atoms with van der Waals surface area (Å²) in [7, 11) is 0. The highest BCUT2D eigenvalue weighted by Crippen LogP contribution is 2.31. The van der Waals surface area contributed by atoms with Gasteiger partial charge in [-0.1, -0.05) is 6.07 Å². The zero-order valence-corrected chi connectivity index (χ0v) is 12.8. The largest absolute Gasteiger partial charge is 0.322 e. The standard InChI is InChI=1S/C12H10Br2N4O/c13-8-2-1-3-9(14)11(8)17-12(19)7-4-5-16-6-10(7)18-15/h1-6,18H,15H2,(H,17,19). The van der Waals surface area contributed by atoms with Crippen LogP contribution in [-0.4, -0.2) is 10.9 Å². The number of pyridine rings is 1. The molecule has 19 heavy (non-hydrogen) atoms. The van der Waals surface area contributed by atoms with Gasteiger partial charge in [-0.15, -0.1) is 0 Å². The number of nitrogen functional groups attached to an aromatic ring is 1. The maximum Gasteiger partial charge on any atom is 0.257 e. The molecule has 0 fully saturated rings. The molecule has 1 aromatic carbocycles. The molecule has 0 aliphatic rings. The van der Waals surface area contributed by atoms with Crippen LogP contribution in [0.2, 0.25) is 0 Å². The van der Waals surface area contributed by atoms with Crippen LogP contribution < -0.4 is 16.6 Å². The molecular weight excluding hydrogens is 376 g/mol. The molecule has 2 aromatic rings. The smallest absolute Gasteiger partial charge is 0.257 e. The minimum absolute atomic E-state index is 0.275. The average molecular weight is 386 g/mol. The molecule has 0 unspecified atom stereocenters. The molecule has 0 saturated heterocycles. The van der Waals surface area contributed by atoms with Gasteiger partial charge in [-0.2, -0.15) is 0 Å². The second-order valence-electron chi connectivity index (χ2n) is 3.62. The number of benzene rings is 1. The Kier molecular flexibility index (Phi) is 4.52. The number of rotatable bonds is 3. The Labute approximate surface area is 126 Å². The third-order valence-electron chi connectivity index (χ3n) is 2.42. The van der Waals surface area contributed by atoms with E-state index in [1.54, 1.807) is 6.07 Å². The number of nitrogens with zero attached hydrogens (tertiary/aromatic N) is 1. The third-order valence-corrected chi connectivity index (χ3v) is 3.74. The molecular formula is C12H10Br2N4O. The van der Waals surface area contributed by atoms with Crippen LogP contribution in [0.3, 0.4) is 0 Å². The molecule has 98 valence electrons. The van der Waals surface area contributed by atoms with Crippen molar-refractivity contribution in [3.05, 3.63) is 51.2 Å². The molecule has 0 saturated carbocycles. The predicted octanol–water partition coefficient (Wildman–Crippen LogP) is 3.14. The molecule has 0 aliphatic carbocycles. The van der Waals surface area contributed by atoms with Gasteiger partial charge in [0.15, 0.2) is 0 Å². The predicted molar refractivity (Wildman–Crippen MR) is 81.8 cm³/mol. The Morgan fingerprint density at radius 3 is 2.53 bits per heavy atom. The number of hydrazine groups is 1. The van der Waals surface area contributed by atoms with Gasteiger partial charge in [0.25, 0.3) is 5.91 Å². The van der Waals surface area contributed by atoms with Gasteiger partial charge < -0.3 is 10.7 Å². The normalized spacial score (nSPS) is 10.1. The fourth-order valence-corrected chi connectivity index (χ4v) is 2.70. The van der Waals surface area contributed by atoms with Crippen molar-refractivity contribution in [3.8, 4) is 0 Å². The summed E-state index contributed by atoms with van der Waals surface area (Å²) in [5, 5.41) is 2.81. The van der Waals surface area contributed by atoms with Crippen molar-refractivity contribution in [2.24, 2.45) is 5.84 Å². The molecule has 0 atom stereocenters. The Bertz CT molecular complexity index is 598. The Hall–Kier alpha value is -1.44. The average Bonchev–Trinajstić information content (AvgIpc) is 2.42. The van der Waals surface area contributed by atoms with Gasteiger partial charge >= 0.3 is 0 Å². The van der Waals surface area contributed by atoms with Gasteiger partial charge in [-0.05, 0) is 50.1 Å². The summed E-state index contributed by atoms with van der Waals surface area (Å²) in [4.78, 5) is 16.1. The van der Waals surface area contributed by atoms with Crippen LogP contribution in [-0.2, 0) is 0 Å². The number of halogens is 2. The molecule has 7 heteroatoms. The summed E-state index contributed by atoms with van der Waals surface area (Å²) in [5.74, 6) is 5.08. The molecule has 1 heterocycles. The first kappa shape index (κ1) is 14.0. The van der Waals surface area contributed by atoms with E-state index in [0.29, 0.717) is 16.9 Å². The van der Waals surface area contributed by atoms with Gasteiger partial charge in [-0.3, -0.25) is 15.6 Å². The van der Waals surface area contributed by atoms with Crippen molar-refractivity contribution >= 4 is 49.1 Å². The number of amides is 1. The number of anilines is 2. The maximum atomic E-state index is 12.2. The van der Waals surface area contributed by atoms with E-state index in [2.05, 4.69) is 47.6 Å². The number of para-hydroxylation sites is 1. The van der Waals surface area contributed by atoms with E-state index in [0.717, 1.165) is 8.95 Å². The van der Waals surface area contributed by atoms with Crippen LogP contribution in [0.1, 0.15) is 10.4 Å². The van der Waals surface area contributed by atoms with Crippen molar-refractivity contribution in [2.75, 3.05) is 10.7 Å². The highest BCUT2D eigenvalue weighted by Gasteiger charge is 2.14. The monoisotopic (exact) mass is 384 g/mol. The second-order valence-corrected chi connectivity index (χ2v) is 5.33. The van der Waals surface area contributed by atoms with E-state index in [4.69, 9.17) is 5.84 Å². The number of carbonyl (C=O) groups excluding carboxylic acids is 1. The summed E-state index contributed by atoms with van der Waals surface area (Å²) < 4.78 is 1.57. The summed E-state index contributed by atoms with van der Waals surface area (Å²) in [5.41, 5.74) is 3.98. The molecule has 0 aliphatic heterocycles.